The highest BCUT2D eigenvalue weighted by Gasteiger charge is 2.17. The number of rotatable bonds is 9. The van der Waals surface area contributed by atoms with Crippen molar-refractivity contribution in [2.24, 2.45) is 0 Å². The van der Waals surface area contributed by atoms with E-state index in [1.54, 1.807) is 12.1 Å². The Balaban J connectivity index is 1.42. The average molecular weight is 437 g/mol. The number of ether oxygens (including phenoxy) is 3. The molecule has 0 aliphatic carbocycles. The smallest absolute Gasteiger partial charge is 0.258 e. The van der Waals surface area contributed by atoms with E-state index >= 15 is 0 Å². The molecule has 1 fully saturated rings. The number of hydrogen-bond acceptors (Lipinski definition) is 7. The van der Waals surface area contributed by atoms with Gasteiger partial charge in [0.05, 0.1) is 12.7 Å². The van der Waals surface area contributed by atoms with Crippen LogP contribution in [0.5, 0.6) is 11.5 Å². The average Bonchev–Trinajstić information content (AvgIpc) is 3.50. The highest BCUT2D eigenvalue weighted by atomic mass is 16.5. The summed E-state index contributed by atoms with van der Waals surface area (Å²) in [6.07, 6.45) is 2.10. The topological polar surface area (TPSA) is 95.7 Å². The van der Waals surface area contributed by atoms with Crippen molar-refractivity contribution in [2.45, 2.75) is 32.8 Å². The Morgan fingerprint density at radius 1 is 1.12 bits per heavy atom. The lowest BCUT2D eigenvalue weighted by Gasteiger charge is -2.14. The Kier molecular flexibility index (Phi) is 7.01. The molecule has 1 aliphatic heterocycles. The van der Waals surface area contributed by atoms with Crippen LogP contribution in [-0.4, -0.2) is 48.5 Å². The molecule has 1 amide bonds. The van der Waals surface area contributed by atoms with Gasteiger partial charge in [0.25, 0.3) is 11.8 Å². The Hall–Kier alpha value is -3.39. The third-order valence-electron chi connectivity index (χ3n) is 5.14. The lowest BCUT2D eigenvalue weighted by Crippen LogP contribution is -2.35. The van der Waals surface area contributed by atoms with Gasteiger partial charge in [-0.25, -0.2) is 0 Å². The SMILES string of the molecule is CCOc1cc(-c2noc(-c3ccc(C)cc3)n2)ccc1OCC(=O)NC[C@H]1CCCO1. The molecule has 1 saturated heterocycles. The second-order valence-electron chi connectivity index (χ2n) is 7.61. The van der Waals surface area contributed by atoms with Crippen LogP contribution >= 0.6 is 0 Å². The standard InChI is InChI=1S/C24H27N3O5/c1-3-29-21-13-18(23-26-24(32-27-23)17-8-6-16(2)7-9-17)10-11-20(21)31-15-22(28)25-14-19-5-4-12-30-19/h6-11,13,19H,3-5,12,14-15H2,1-2H3,(H,25,28)/t19-/m1/s1. The zero-order valence-electron chi connectivity index (χ0n) is 18.3. The normalized spacial score (nSPS) is 15.5. The predicted molar refractivity (Wildman–Crippen MR) is 119 cm³/mol. The van der Waals surface area contributed by atoms with Crippen LogP contribution in [-0.2, 0) is 9.53 Å². The first-order valence-electron chi connectivity index (χ1n) is 10.8. The molecule has 0 radical (unpaired) electrons. The van der Waals surface area contributed by atoms with E-state index in [0.29, 0.717) is 36.4 Å². The molecule has 32 heavy (non-hydrogen) atoms. The number of nitrogens with zero attached hydrogens (tertiary/aromatic N) is 2. The maximum absolute atomic E-state index is 12.1. The Morgan fingerprint density at radius 2 is 1.94 bits per heavy atom. The van der Waals surface area contributed by atoms with Crippen molar-refractivity contribution >= 4 is 5.91 Å². The fourth-order valence-corrected chi connectivity index (χ4v) is 3.42. The molecule has 1 N–H and O–H groups in total. The molecule has 0 spiro atoms. The maximum Gasteiger partial charge on any atom is 0.258 e. The van der Waals surface area contributed by atoms with Gasteiger partial charge in [-0.15, -0.1) is 0 Å². The third kappa shape index (κ3) is 5.45. The van der Waals surface area contributed by atoms with Crippen molar-refractivity contribution in [1.82, 2.24) is 15.5 Å². The van der Waals surface area contributed by atoms with E-state index in [4.69, 9.17) is 18.7 Å². The summed E-state index contributed by atoms with van der Waals surface area (Å²) in [5.41, 5.74) is 2.74. The lowest BCUT2D eigenvalue weighted by molar-refractivity contribution is -0.123. The van der Waals surface area contributed by atoms with Crippen molar-refractivity contribution < 1.29 is 23.5 Å². The van der Waals surface area contributed by atoms with Gasteiger partial charge in [0, 0.05) is 24.3 Å². The number of hydrogen-bond donors (Lipinski definition) is 1. The van der Waals surface area contributed by atoms with Crippen molar-refractivity contribution in [3.8, 4) is 34.3 Å². The summed E-state index contributed by atoms with van der Waals surface area (Å²) < 4.78 is 22.4. The van der Waals surface area contributed by atoms with Gasteiger partial charge in [-0.05, 0) is 57.0 Å². The molecular weight excluding hydrogens is 410 g/mol. The molecule has 1 aromatic heterocycles. The molecule has 2 heterocycles. The summed E-state index contributed by atoms with van der Waals surface area (Å²) in [6.45, 7) is 5.51. The summed E-state index contributed by atoms with van der Waals surface area (Å²) >= 11 is 0. The molecule has 168 valence electrons. The van der Waals surface area contributed by atoms with Crippen molar-refractivity contribution in [3.63, 3.8) is 0 Å². The Labute approximate surface area is 186 Å². The molecule has 0 saturated carbocycles. The second-order valence-corrected chi connectivity index (χ2v) is 7.61. The van der Waals surface area contributed by atoms with Crippen molar-refractivity contribution in [2.75, 3.05) is 26.4 Å². The van der Waals surface area contributed by atoms with E-state index in [-0.39, 0.29) is 18.6 Å². The quantitative estimate of drug-likeness (QED) is 0.544. The molecule has 4 rings (SSSR count). The van der Waals surface area contributed by atoms with Crippen LogP contribution in [0.25, 0.3) is 22.8 Å². The largest absolute Gasteiger partial charge is 0.490 e. The number of carbonyl (C=O) groups is 1. The Bertz CT molecular complexity index is 1040. The fraction of sp³-hybridized carbons (Fsp3) is 0.375. The van der Waals surface area contributed by atoms with E-state index in [2.05, 4.69) is 15.5 Å². The molecule has 2 aromatic carbocycles. The van der Waals surface area contributed by atoms with E-state index in [1.165, 1.54) is 0 Å². The summed E-state index contributed by atoms with van der Waals surface area (Å²) in [7, 11) is 0. The van der Waals surface area contributed by atoms with E-state index in [1.807, 2.05) is 44.2 Å². The minimum atomic E-state index is -0.201. The number of carbonyl (C=O) groups excluding carboxylic acids is 1. The first-order valence-corrected chi connectivity index (χ1v) is 10.8. The van der Waals surface area contributed by atoms with Gasteiger partial charge in [-0.3, -0.25) is 4.79 Å². The first kappa shape index (κ1) is 21.8. The van der Waals surface area contributed by atoms with Crippen LogP contribution in [0.4, 0.5) is 0 Å². The second kappa shape index (κ2) is 10.3. The van der Waals surface area contributed by atoms with Crippen LogP contribution in [0.1, 0.15) is 25.3 Å². The summed E-state index contributed by atoms with van der Waals surface area (Å²) in [5, 5.41) is 6.94. The highest BCUT2D eigenvalue weighted by Crippen LogP contribution is 2.32. The zero-order chi connectivity index (χ0) is 22.3. The van der Waals surface area contributed by atoms with Crippen molar-refractivity contribution in [3.05, 3.63) is 48.0 Å². The maximum atomic E-state index is 12.1. The van der Waals surface area contributed by atoms with Gasteiger partial charge >= 0.3 is 0 Å². The van der Waals surface area contributed by atoms with Crippen LogP contribution in [0.3, 0.4) is 0 Å². The number of aryl methyl sites for hydroxylation is 1. The van der Waals surface area contributed by atoms with E-state index in [0.717, 1.165) is 36.1 Å². The number of nitrogens with one attached hydrogen (secondary N) is 1. The molecule has 0 bridgehead atoms. The molecule has 3 aromatic rings. The minimum Gasteiger partial charge on any atom is -0.490 e. The first-order chi connectivity index (χ1) is 15.6. The zero-order valence-corrected chi connectivity index (χ0v) is 18.3. The monoisotopic (exact) mass is 437 g/mol. The van der Waals surface area contributed by atoms with Crippen LogP contribution < -0.4 is 14.8 Å². The number of aromatic nitrogens is 2. The highest BCUT2D eigenvalue weighted by molar-refractivity contribution is 5.77. The summed E-state index contributed by atoms with van der Waals surface area (Å²) in [4.78, 5) is 16.6. The van der Waals surface area contributed by atoms with E-state index < -0.39 is 0 Å². The Morgan fingerprint density at radius 3 is 2.69 bits per heavy atom. The predicted octanol–water partition coefficient (Wildman–Crippen LogP) is 3.78. The summed E-state index contributed by atoms with van der Waals surface area (Å²) in [5.74, 6) is 1.68. The van der Waals surface area contributed by atoms with Gasteiger partial charge in [0.1, 0.15) is 0 Å². The van der Waals surface area contributed by atoms with Gasteiger partial charge in [-0.1, -0.05) is 22.9 Å². The van der Waals surface area contributed by atoms with Crippen molar-refractivity contribution in [1.29, 1.82) is 0 Å². The molecule has 1 aliphatic rings. The van der Waals surface area contributed by atoms with E-state index in [9.17, 15) is 4.79 Å². The number of amides is 1. The summed E-state index contributed by atoms with van der Waals surface area (Å²) in [6, 6.07) is 13.2. The minimum absolute atomic E-state index is 0.0944. The third-order valence-corrected chi connectivity index (χ3v) is 5.14. The number of benzene rings is 2. The van der Waals surface area contributed by atoms with Gasteiger partial charge in [-0.2, -0.15) is 4.98 Å². The lowest BCUT2D eigenvalue weighted by atomic mass is 10.1. The van der Waals surface area contributed by atoms with Gasteiger partial charge < -0.3 is 24.1 Å². The van der Waals surface area contributed by atoms with Crippen LogP contribution in [0.15, 0.2) is 47.0 Å². The molecular formula is C24H27N3O5. The van der Waals surface area contributed by atoms with Gasteiger partial charge in [0.2, 0.25) is 5.82 Å². The molecule has 8 heteroatoms. The van der Waals surface area contributed by atoms with Crippen LogP contribution in [0, 0.1) is 6.92 Å². The molecule has 1 atom stereocenters. The molecule has 8 nitrogen and oxygen atoms in total. The van der Waals surface area contributed by atoms with Crippen LogP contribution in [0.2, 0.25) is 0 Å². The fourth-order valence-electron chi connectivity index (χ4n) is 3.42. The molecule has 0 unspecified atom stereocenters. The van der Waals surface area contributed by atoms with Gasteiger partial charge in [0.15, 0.2) is 18.1 Å².